The molecule has 0 aliphatic heterocycles. The zero-order valence-electron chi connectivity index (χ0n) is 18.1. The van der Waals surface area contributed by atoms with Crippen molar-refractivity contribution in [3.8, 4) is 0 Å². The summed E-state index contributed by atoms with van der Waals surface area (Å²) >= 11 is 0. The average Bonchev–Trinajstić information content (AvgIpc) is 2.82. The monoisotopic (exact) mass is 412 g/mol. The van der Waals surface area contributed by atoms with Gasteiger partial charge in [0.1, 0.15) is 0 Å². The molecule has 0 saturated carbocycles. The molecule has 0 heterocycles. The van der Waals surface area contributed by atoms with Gasteiger partial charge in [-0.2, -0.15) is 0 Å². The van der Waals surface area contributed by atoms with Crippen molar-refractivity contribution in [3.63, 3.8) is 0 Å². The Kier molecular flexibility index (Phi) is 8.43. The molecule has 30 heavy (non-hydrogen) atoms. The molecule has 3 aromatic rings. The van der Waals surface area contributed by atoms with Crippen LogP contribution in [0.3, 0.4) is 0 Å². The largest absolute Gasteiger partial charge is 0.408 e. The van der Waals surface area contributed by atoms with Gasteiger partial charge >= 0.3 is 0 Å². The third-order valence-corrected chi connectivity index (χ3v) is 9.40. The van der Waals surface area contributed by atoms with Crippen molar-refractivity contribution in [2.24, 2.45) is 0 Å². The van der Waals surface area contributed by atoms with Crippen LogP contribution in [0.5, 0.6) is 0 Å². The molecule has 0 N–H and O–H groups in total. The zero-order valence-corrected chi connectivity index (χ0v) is 19.1. The molecule has 0 spiro atoms. The van der Waals surface area contributed by atoms with Crippen molar-refractivity contribution < 1.29 is 4.43 Å². The summed E-state index contributed by atoms with van der Waals surface area (Å²) in [5.41, 5.74) is 5.36. The molecule has 0 unspecified atom stereocenters. The Morgan fingerprint density at radius 2 is 1.33 bits per heavy atom. The van der Waals surface area contributed by atoms with Gasteiger partial charge in [-0.3, -0.25) is 0 Å². The zero-order chi connectivity index (χ0) is 21.1. The summed E-state index contributed by atoms with van der Waals surface area (Å²) in [5.74, 6) is 0. The fraction of sp³-hybridized carbons (Fsp3) is 0.214. The summed E-state index contributed by atoms with van der Waals surface area (Å²) in [6.45, 7) is 2.09. The van der Waals surface area contributed by atoms with Crippen molar-refractivity contribution in [1.29, 1.82) is 0 Å². The third kappa shape index (κ3) is 5.68. The van der Waals surface area contributed by atoms with Gasteiger partial charge in [-0.25, -0.2) is 0 Å². The fourth-order valence-electron chi connectivity index (χ4n) is 3.95. The Morgan fingerprint density at radius 3 is 1.83 bits per heavy atom. The van der Waals surface area contributed by atoms with Crippen LogP contribution in [-0.4, -0.2) is 15.4 Å². The lowest BCUT2D eigenvalue weighted by atomic mass is 10.0. The quantitative estimate of drug-likeness (QED) is 0.300. The summed E-state index contributed by atoms with van der Waals surface area (Å²) in [6.07, 6.45) is 8.71. The second-order valence-electron chi connectivity index (χ2n) is 7.59. The van der Waals surface area contributed by atoms with Crippen molar-refractivity contribution in [1.82, 2.24) is 0 Å². The minimum absolute atomic E-state index is 0.975. The highest BCUT2D eigenvalue weighted by Gasteiger charge is 2.36. The molecule has 0 saturated heterocycles. The Hall–Kier alpha value is -2.68. The molecule has 0 amide bonds. The molecule has 3 aromatic carbocycles. The van der Waals surface area contributed by atoms with Crippen molar-refractivity contribution in [3.05, 3.63) is 120 Å². The highest BCUT2D eigenvalue weighted by atomic mass is 28.4. The van der Waals surface area contributed by atoms with Gasteiger partial charge in [0.15, 0.2) is 0 Å². The van der Waals surface area contributed by atoms with Gasteiger partial charge in [-0.05, 0) is 48.5 Å². The summed E-state index contributed by atoms with van der Waals surface area (Å²) in [5, 5.41) is 2.58. The van der Waals surface area contributed by atoms with Crippen molar-refractivity contribution >= 4 is 18.7 Å². The van der Waals surface area contributed by atoms with Crippen LogP contribution in [0.2, 0.25) is 0 Å². The minimum Gasteiger partial charge on any atom is -0.408 e. The van der Waals surface area contributed by atoms with Gasteiger partial charge < -0.3 is 4.43 Å². The summed E-state index contributed by atoms with van der Waals surface area (Å²) in [4.78, 5) is 0. The van der Waals surface area contributed by atoms with Gasteiger partial charge in [0.25, 0.3) is 8.32 Å². The first kappa shape index (κ1) is 22.0. The van der Waals surface area contributed by atoms with E-state index in [9.17, 15) is 0 Å². The van der Waals surface area contributed by atoms with E-state index in [0.717, 1.165) is 25.7 Å². The molecule has 1 nitrogen and oxygen atoms in total. The van der Waals surface area contributed by atoms with E-state index in [4.69, 9.17) is 4.43 Å². The van der Waals surface area contributed by atoms with Crippen LogP contribution in [0.4, 0.5) is 0 Å². The van der Waals surface area contributed by atoms with E-state index in [1.165, 1.54) is 21.5 Å². The predicted octanol–water partition coefficient (Wildman–Crippen LogP) is 5.85. The molecule has 2 heteroatoms. The number of rotatable bonds is 10. The molecule has 154 valence electrons. The molecule has 0 aliphatic rings. The summed E-state index contributed by atoms with van der Waals surface area (Å²) in [7, 11) is -0.585. The smallest absolute Gasteiger partial charge is 0.280 e. The molecule has 0 radical (unpaired) electrons. The lowest BCUT2D eigenvalue weighted by molar-refractivity contribution is 0.425. The van der Waals surface area contributed by atoms with Crippen LogP contribution < -0.4 is 10.4 Å². The Balaban J connectivity index is 1.95. The first-order valence-electron chi connectivity index (χ1n) is 10.8. The number of hydrogen-bond acceptors (Lipinski definition) is 1. The molecule has 0 fully saturated rings. The Morgan fingerprint density at radius 1 is 0.800 bits per heavy atom. The Bertz CT molecular complexity index is 891. The standard InChI is InChI=1S/C28H32OSi/c1-3-4-15-26(19-14-18-25-16-8-5-9-17-25)24-30(29-2,27-20-10-6-11-21-27)28-22-12-7-13-23-28/h3-13,16-17,20-24H,14-15,18-19H2,1-2H3/b4-3-,26-24+. The summed E-state index contributed by atoms with van der Waals surface area (Å²) in [6, 6.07) is 32.3. The average molecular weight is 413 g/mol. The van der Waals surface area contributed by atoms with Crippen LogP contribution in [0.25, 0.3) is 0 Å². The third-order valence-electron chi connectivity index (χ3n) is 5.56. The molecular weight excluding hydrogens is 380 g/mol. The van der Waals surface area contributed by atoms with E-state index in [0.29, 0.717) is 0 Å². The maximum Gasteiger partial charge on any atom is 0.280 e. The number of hydrogen-bond donors (Lipinski definition) is 0. The molecule has 0 atom stereocenters. The van der Waals surface area contributed by atoms with Crippen molar-refractivity contribution in [2.45, 2.75) is 32.6 Å². The molecule has 3 rings (SSSR count). The first-order chi connectivity index (χ1) is 14.8. The normalized spacial score (nSPS) is 12.4. The second-order valence-corrected chi connectivity index (χ2v) is 10.9. The molecule has 0 aromatic heterocycles. The highest BCUT2D eigenvalue weighted by molar-refractivity contribution is 7.01. The number of benzene rings is 3. The summed E-state index contributed by atoms with van der Waals surface area (Å²) < 4.78 is 6.42. The highest BCUT2D eigenvalue weighted by Crippen LogP contribution is 2.19. The Labute approximate surface area is 182 Å². The fourth-order valence-corrected chi connectivity index (χ4v) is 7.42. The lowest BCUT2D eigenvalue weighted by Crippen LogP contribution is -2.59. The van der Waals surface area contributed by atoms with Crippen LogP contribution in [-0.2, 0) is 10.8 Å². The SMILES string of the molecule is C/C=C\C/C(=C\[Si](OC)(c1ccccc1)c1ccccc1)CCCc1ccccc1. The van der Waals surface area contributed by atoms with E-state index >= 15 is 0 Å². The van der Waals surface area contributed by atoms with Crippen LogP contribution in [0.1, 0.15) is 31.7 Å². The van der Waals surface area contributed by atoms with Crippen LogP contribution in [0.15, 0.2) is 114 Å². The van der Waals surface area contributed by atoms with E-state index in [1.54, 1.807) is 0 Å². The first-order valence-corrected chi connectivity index (χ1v) is 12.8. The number of aryl methyl sites for hydroxylation is 1. The van der Waals surface area contributed by atoms with E-state index in [-0.39, 0.29) is 0 Å². The second kappa shape index (κ2) is 11.5. The maximum absolute atomic E-state index is 6.42. The van der Waals surface area contributed by atoms with Gasteiger partial charge in [0.05, 0.1) is 0 Å². The van der Waals surface area contributed by atoms with Crippen LogP contribution in [0, 0.1) is 0 Å². The van der Waals surface area contributed by atoms with Gasteiger partial charge in [-0.1, -0.05) is 114 Å². The molecule has 0 aliphatic carbocycles. The minimum atomic E-state index is -2.46. The topological polar surface area (TPSA) is 9.23 Å². The van der Waals surface area contributed by atoms with E-state index < -0.39 is 8.32 Å². The van der Waals surface area contributed by atoms with Crippen LogP contribution >= 0.6 is 0 Å². The predicted molar refractivity (Wildman–Crippen MR) is 132 cm³/mol. The maximum atomic E-state index is 6.42. The molecular formula is C28H32OSi. The lowest BCUT2D eigenvalue weighted by Gasteiger charge is -2.29. The van der Waals surface area contributed by atoms with E-state index in [2.05, 4.69) is 116 Å². The van der Waals surface area contributed by atoms with Gasteiger partial charge in [-0.15, -0.1) is 0 Å². The van der Waals surface area contributed by atoms with E-state index in [1.807, 2.05) is 7.11 Å². The van der Waals surface area contributed by atoms with Gasteiger partial charge in [0, 0.05) is 7.11 Å². The van der Waals surface area contributed by atoms with Crippen molar-refractivity contribution in [2.75, 3.05) is 7.11 Å². The number of allylic oxidation sites excluding steroid dienone is 3. The molecule has 0 bridgehead atoms. The van der Waals surface area contributed by atoms with Gasteiger partial charge in [0.2, 0.25) is 0 Å².